The predicted molar refractivity (Wildman–Crippen MR) is 70.0 cm³/mol. The van der Waals surface area contributed by atoms with Gasteiger partial charge in [0.1, 0.15) is 0 Å². The van der Waals surface area contributed by atoms with Crippen LogP contribution in [-0.2, 0) is 0 Å². The lowest BCUT2D eigenvalue weighted by Crippen LogP contribution is -2.27. The lowest BCUT2D eigenvalue weighted by atomic mass is 10.1. The van der Waals surface area contributed by atoms with Crippen LogP contribution in [0.1, 0.15) is 36.0 Å². The Morgan fingerprint density at radius 3 is 2.88 bits per heavy atom. The predicted octanol–water partition coefficient (Wildman–Crippen LogP) is 3.03. The van der Waals surface area contributed by atoms with Crippen LogP contribution in [0, 0.1) is 0 Å². The summed E-state index contributed by atoms with van der Waals surface area (Å²) >= 11 is 0. The lowest BCUT2D eigenvalue weighted by Gasteiger charge is -2.17. The fourth-order valence-corrected chi connectivity index (χ4v) is 2.00. The van der Waals surface area contributed by atoms with E-state index in [-0.39, 0.29) is 5.91 Å². The van der Waals surface area contributed by atoms with Crippen molar-refractivity contribution in [2.24, 2.45) is 4.99 Å². The number of carbonyl (C=O) groups excluding carboxylic acids is 1. The summed E-state index contributed by atoms with van der Waals surface area (Å²) in [5.41, 5.74) is 1.49. The molecule has 1 aromatic rings. The number of carbonyl (C=O) groups is 1. The van der Waals surface area contributed by atoms with E-state index < -0.39 is 0 Å². The van der Waals surface area contributed by atoms with Crippen molar-refractivity contribution in [1.82, 2.24) is 4.90 Å². The molecule has 1 heterocycles. The SMILES string of the molecule is CN1CCCCCC=Nc2ccccc2C1=O. The van der Waals surface area contributed by atoms with Crippen LogP contribution in [0.15, 0.2) is 29.3 Å². The van der Waals surface area contributed by atoms with Gasteiger partial charge in [-0.15, -0.1) is 0 Å². The van der Waals surface area contributed by atoms with Crippen molar-refractivity contribution in [3.63, 3.8) is 0 Å². The summed E-state index contributed by atoms with van der Waals surface area (Å²) in [6.07, 6.45) is 6.29. The molecule has 0 saturated heterocycles. The molecule has 1 amide bonds. The molecular weight excluding hydrogens is 212 g/mol. The number of hydrogen-bond acceptors (Lipinski definition) is 2. The molecule has 3 heteroatoms. The number of para-hydroxylation sites is 1. The number of nitrogens with zero attached hydrogens (tertiary/aromatic N) is 2. The maximum atomic E-state index is 12.2. The van der Waals surface area contributed by atoms with Gasteiger partial charge in [0.2, 0.25) is 0 Å². The quantitative estimate of drug-likeness (QED) is 0.674. The topological polar surface area (TPSA) is 32.7 Å². The Hall–Kier alpha value is -1.64. The molecule has 1 aromatic carbocycles. The summed E-state index contributed by atoms with van der Waals surface area (Å²) in [6, 6.07) is 7.56. The fourth-order valence-electron chi connectivity index (χ4n) is 2.00. The summed E-state index contributed by atoms with van der Waals surface area (Å²) in [5, 5.41) is 0. The van der Waals surface area contributed by atoms with Crippen molar-refractivity contribution >= 4 is 17.8 Å². The van der Waals surface area contributed by atoms with E-state index in [2.05, 4.69) is 4.99 Å². The molecule has 0 N–H and O–H groups in total. The zero-order valence-corrected chi connectivity index (χ0v) is 10.2. The minimum absolute atomic E-state index is 0.0691. The average Bonchev–Trinajstić information content (AvgIpc) is 2.39. The van der Waals surface area contributed by atoms with Gasteiger partial charge in [-0.1, -0.05) is 18.6 Å². The zero-order chi connectivity index (χ0) is 12.1. The van der Waals surface area contributed by atoms with Crippen molar-refractivity contribution in [3.8, 4) is 0 Å². The highest BCUT2D eigenvalue weighted by Gasteiger charge is 2.14. The minimum Gasteiger partial charge on any atom is -0.342 e. The first kappa shape index (κ1) is 11.8. The molecule has 0 radical (unpaired) electrons. The van der Waals surface area contributed by atoms with E-state index in [4.69, 9.17) is 0 Å². The average molecular weight is 230 g/mol. The second-order valence-corrected chi connectivity index (χ2v) is 4.40. The van der Waals surface area contributed by atoms with Crippen molar-refractivity contribution in [2.45, 2.75) is 25.7 Å². The number of benzene rings is 1. The third kappa shape index (κ3) is 2.93. The minimum atomic E-state index is 0.0691. The first-order valence-electron chi connectivity index (χ1n) is 6.16. The molecule has 0 aliphatic carbocycles. The highest BCUT2D eigenvalue weighted by Crippen LogP contribution is 2.20. The van der Waals surface area contributed by atoms with Gasteiger partial charge in [-0.2, -0.15) is 0 Å². The molecule has 0 spiro atoms. The zero-order valence-electron chi connectivity index (χ0n) is 10.2. The fraction of sp³-hybridized carbons (Fsp3) is 0.429. The number of fused-ring (bicyclic) bond motifs is 1. The van der Waals surface area contributed by atoms with E-state index in [1.165, 1.54) is 0 Å². The molecule has 0 fully saturated rings. The number of rotatable bonds is 0. The highest BCUT2D eigenvalue weighted by atomic mass is 16.2. The van der Waals surface area contributed by atoms with Crippen molar-refractivity contribution < 1.29 is 4.79 Å². The van der Waals surface area contributed by atoms with Crippen LogP contribution < -0.4 is 0 Å². The van der Waals surface area contributed by atoms with Crippen LogP contribution in [0.4, 0.5) is 5.69 Å². The van der Waals surface area contributed by atoms with E-state index in [0.717, 1.165) is 37.9 Å². The molecule has 0 aromatic heterocycles. The Labute approximate surface area is 102 Å². The van der Waals surface area contributed by atoms with Gasteiger partial charge in [0.15, 0.2) is 0 Å². The molecule has 90 valence electrons. The largest absolute Gasteiger partial charge is 0.342 e. The molecule has 1 aliphatic heterocycles. The number of hydrogen-bond donors (Lipinski definition) is 0. The Morgan fingerprint density at radius 1 is 1.18 bits per heavy atom. The molecule has 0 saturated carbocycles. The molecule has 0 bridgehead atoms. The summed E-state index contributed by atoms with van der Waals surface area (Å²) in [6.45, 7) is 0.827. The third-order valence-electron chi connectivity index (χ3n) is 3.04. The number of aliphatic imine (C=N–C) groups is 1. The van der Waals surface area contributed by atoms with E-state index >= 15 is 0 Å². The molecular formula is C14H18N2O. The van der Waals surface area contributed by atoms with Gasteiger partial charge in [-0.25, -0.2) is 0 Å². The summed E-state index contributed by atoms with van der Waals surface area (Å²) in [4.78, 5) is 18.4. The molecule has 3 nitrogen and oxygen atoms in total. The standard InChI is InChI=1S/C14H18N2O/c1-16-11-7-3-2-6-10-15-13-9-5-4-8-12(13)14(16)17/h4-5,8-10H,2-3,6-7,11H2,1H3. The maximum absolute atomic E-state index is 12.2. The second-order valence-electron chi connectivity index (χ2n) is 4.40. The van der Waals surface area contributed by atoms with Crippen molar-refractivity contribution in [2.75, 3.05) is 13.6 Å². The normalized spacial score (nSPS) is 17.5. The van der Waals surface area contributed by atoms with Gasteiger partial charge >= 0.3 is 0 Å². The first-order chi connectivity index (χ1) is 8.29. The molecule has 1 aliphatic rings. The van der Waals surface area contributed by atoms with Crippen LogP contribution in [0.2, 0.25) is 0 Å². The Kier molecular flexibility index (Phi) is 3.91. The Balaban J connectivity index is 2.33. The van der Waals surface area contributed by atoms with Crippen LogP contribution in [-0.4, -0.2) is 30.6 Å². The van der Waals surface area contributed by atoms with Crippen LogP contribution in [0.25, 0.3) is 0 Å². The maximum Gasteiger partial charge on any atom is 0.255 e. The van der Waals surface area contributed by atoms with E-state index in [1.807, 2.05) is 37.5 Å². The summed E-state index contributed by atoms with van der Waals surface area (Å²) in [5.74, 6) is 0.0691. The lowest BCUT2D eigenvalue weighted by molar-refractivity contribution is 0.0793. The molecule has 0 unspecified atom stereocenters. The smallest absolute Gasteiger partial charge is 0.255 e. The van der Waals surface area contributed by atoms with E-state index in [1.54, 1.807) is 4.90 Å². The van der Waals surface area contributed by atoms with Crippen LogP contribution >= 0.6 is 0 Å². The van der Waals surface area contributed by atoms with Crippen LogP contribution in [0.5, 0.6) is 0 Å². The number of amides is 1. The van der Waals surface area contributed by atoms with Gasteiger partial charge in [0.05, 0.1) is 11.3 Å². The van der Waals surface area contributed by atoms with Crippen LogP contribution in [0.3, 0.4) is 0 Å². The van der Waals surface area contributed by atoms with Crippen molar-refractivity contribution in [1.29, 1.82) is 0 Å². The molecule has 17 heavy (non-hydrogen) atoms. The first-order valence-corrected chi connectivity index (χ1v) is 6.16. The summed E-state index contributed by atoms with van der Waals surface area (Å²) < 4.78 is 0. The van der Waals surface area contributed by atoms with Gasteiger partial charge < -0.3 is 4.90 Å². The Morgan fingerprint density at radius 2 is 2.00 bits per heavy atom. The third-order valence-corrected chi connectivity index (χ3v) is 3.04. The van der Waals surface area contributed by atoms with Gasteiger partial charge in [-0.3, -0.25) is 9.79 Å². The second kappa shape index (κ2) is 5.62. The summed E-state index contributed by atoms with van der Waals surface area (Å²) in [7, 11) is 1.86. The van der Waals surface area contributed by atoms with E-state index in [9.17, 15) is 4.79 Å². The van der Waals surface area contributed by atoms with Gasteiger partial charge in [-0.05, 0) is 31.4 Å². The monoisotopic (exact) mass is 230 g/mol. The van der Waals surface area contributed by atoms with Gasteiger partial charge in [0, 0.05) is 19.8 Å². The molecule has 0 atom stereocenters. The Bertz CT molecular complexity index is 426. The van der Waals surface area contributed by atoms with E-state index in [0.29, 0.717) is 5.56 Å². The highest BCUT2D eigenvalue weighted by molar-refractivity contribution is 5.99. The molecule has 2 rings (SSSR count). The van der Waals surface area contributed by atoms with Gasteiger partial charge in [0.25, 0.3) is 5.91 Å². The van der Waals surface area contributed by atoms with Crippen molar-refractivity contribution in [3.05, 3.63) is 29.8 Å².